The molecule has 0 saturated heterocycles. The van der Waals surface area contributed by atoms with Crippen LogP contribution in [-0.4, -0.2) is 0 Å². The fourth-order valence-electron chi connectivity index (χ4n) is 11.3. The van der Waals surface area contributed by atoms with E-state index in [9.17, 15) is 0 Å². The van der Waals surface area contributed by atoms with E-state index < -0.39 is 0 Å². The molecule has 4 saturated carbocycles. The Bertz CT molecular complexity index is 2500. The predicted octanol–water partition coefficient (Wildman–Crippen LogP) is 14.9. The van der Waals surface area contributed by atoms with Crippen LogP contribution < -0.4 is 4.90 Å². The van der Waals surface area contributed by atoms with Crippen LogP contribution in [0.5, 0.6) is 0 Å². The van der Waals surface area contributed by atoms with Crippen molar-refractivity contribution >= 4 is 38.6 Å². The van der Waals surface area contributed by atoms with Gasteiger partial charge in [0.05, 0.1) is 0 Å². The van der Waals surface area contributed by atoms with Crippen LogP contribution in [0.4, 0.5) is 17.1 Å². The van der Waals surface area contributed by atoms with Crippen molar-refractivity contribution in [1.29, 1.82) is 0 Å². The quantitative estimate of drug-likeness (QED) is 0.159. The second kappa shape index (κ2) is 13.1. The summed E-state index contributed by atoms with van der Waals surface area (Å²) in [6.45, 7) is 0. The van der Waals surface area contributed by atoms with Crippen molar-refractivity contribution in [3.05, 3.63) is 188 Å². The van der Waals surface area contributed by atoms with E-state index >= 15 is 0 Å². The second-order valence-corrected chi connectivity index (χ2v) is 16.8. The standard InChI is InChI=1S/C54H45N/c1-3-14-50-41(8-1)10-6-16-52(50)43-20-26-48(27-21-43)55(49-28-22-44(23-29-49)53-17-7-11-42-9-2-4-15-51(42)53)47-24-18-40(19-25-47)45-12-5-13-46(33-45)54-34-37-30-38(35-54)32-39(31-37)36-54/h1-29,33,37-39H,30-32,34-36H2. The fourth-order valence-corrected chi connectivity index (χ4v) is 11.3. The number of hydrogen-bond donors (Lipinski definition) is 0. The minimum Gasteiger partial charge on any atom is -0.311 e. The molecule has 0 aliphatic heterocycles. The Morgan fingerprint density at radius 2 is 0.782 bits per heavy atom. The van der Waals surface area contributed by atoms with Gasteiger partial charge in [-0.15, -0.1) is 0 Å². The summed E-state index contributed by atoms with van der Waals surface area (Å²) in [5.41, 5.74) is 13.0. The zero-order chi connectivity index (χ0) is 36.3. The van der Waals surface area contributed by atoms with Gasteiger partial charge in [0.15, 0.2) is 0 Å². The molecule has 4 aliphatic carbocycles. The molecule has 0 N–H and O–H groups in total. The molecule has 55 heavy (non-hydrogen) atoms. The lowest BCUT2D eigenvalue weighted by Gasteiger charge is -2.57. The Kier molecular flexibility index (Phi) is 7.76. The summed E-state index contributed by atoms with van der Waals surface area (Å²) in [5, 5.41) is 5.09. The molecule has 8 aromatic rings. The van der Waals surface area contributed by atoms with Crippen LogP contribution in [0.25, 0.3) is 54.9 Å². The first-order valence-electron chi connectivity index (χ1n) is 20.3. The second-order valence-electron chi connectivity index (χ2n) is 16.8. The van der Waals surface area contributed by atoms with Crippen molar-refractivity contribution in [2.24, 2.45) is 17.8 Å². The number of benzene rings is 8. The number of nitrogens with zero attached hydrogens (tertiary/aromatic N) is 1. The molecule has 0 atom stereocenters. The normalized spacial score (nSPS) is 21.3. The third-order valence-electron chi connectivity index (χ3n) is 13.4. The summed E-state index contributed by atoms with van der Waals surface area (Å²) in [7, 11) is 0. The van der Waals surface area contributed by atoms with E-state index in [1.54, 1.807) is 5.56 Å². The van der Waals surface area contributed by atoms with Crippen molar-refractivity contribution in [1.82, 2.24) is 0 Å². The highest BCUT2D eigenvalue weighted by atomic mass is 15.1. The smallest absolute Gasteiger partial charge is 0.0462 e. The molecule has 0 heterocycles. The number of rotatable bonds is 7. The van der Waals surface area contributed by atoms with E-state index in [0.717, 1.165) is 34.8 Å². The lowest BCUT2D eigenvalue weighted by molar-refractivity contribution is -0.00516. The van der Waals surface area contributed by atoms with Crippen molar-refractivity contribution < 1.29 is 0 Å². The predicted molar refractivity (Wildman–Crippen MR) is 232 cm³/mol. The third-order valence-corrected chi connectivity index (χ3v) is 13.4. The summed E-state index contributed by atoms with van der Waals surface area (Å²) >= 11 is 0. The maximum Gasteiger partial charge on any atom is 0.0462 e. The van der Waals surface area contributed by atoms with Gasteiger partial charge in [-0.1, -0.05) is 146 Å². The maximum atomic E-state index is 2.54. The minimum absolute atomic E-state index is 0.401. The van der Waals surface area contributed by atoms with Crippen LogP contribution in [0.15, 0.2) is 182 Å². The summed E-state index contributed by atoms with van der Waals surface area (Å²) in [4.78, 5) is 2.40. The van der Waals surface area contributed by atoms with E-state index in [0.29, 0.717) is 5.41 Å². The van der Waals surface area contributed by atoms with Gasteiger partial charge < -0.3 is 4.90 Å². The van der Waals surface area contributed by atoms with Crippen LogP contribution >= 0.6 is 0 Å². The van der Waals surface area contributed by atoms with Crippen molar-refractivity contribution in [2.45, 2.75) is 43.9 Å². The Hall–Kier alpha value is -5.92. The molecule has 1 heteroatoms. The van der Waals surface area contributed by atoms with E-state index in [4.69, 9.17) is 0 Å². The van der Waals surface area contributed by atoms with E-state index in [-0.39, 0.29) is 0 Å². The zero-order valence-corrected chi connectivity index (χ0v) is 31.2. The Balaban J connectivity index is 0.956. The molecule has 0 radical (unpaired) electrons. The van der Waals surface area contributed by atoms with Crippen LogP contribution in [0.1, 0.15) is 44.1 Å². The molecule has 4 bridgehead atoms. The van der Waals surface area contributed by atoms with Gasteiger partial charge in [-0.2, -0.15) is 0 Å². The maximum absolute atomic E-state index is 2.54. The van der Waals surface area contributed by atoms with Gasteiger partial charge in [-0.25, -0.2) is 0 Å². The summed E-state index contributed by atoms with van der Waals surface area (Å²) < 4.78 is 0. The minimum atomic E-state index is 0.401. The highest BCUT2D eigenvalue weighted by molar-refractivity contribution is 5.98. The molecular weight excluding hydrogens is 663 g/mol. The number of hydrogen-bond acceptors (Lipinski definition) is 1. The molecular formula is C54H45N. The van der Waals surface area contributed by atoms with Gasteiger partial charge in [-0.05, 0) is 159 Å². The summed E-state index contributed by atoms with van der Waals surface area (Å²) in [5.74, 6) is 2.84. The van der Waals surface area contributed by atoms with Gasteiger partial charge in [0.25, 0.3) is 0 Å². The molecule has 0 aromatic heterocycles. The van der Waals surface area contributed by atoms with Gasteiger partial charge in [-0.3, -0.25) is 0 Å². The Morgan fingerprint density at radius 3 is 1.27 bits per heavy atom. The third kappa shape index (κ3) is 5.76. The molecule has 1 nitrogen and oxygen atoms in total. The van der Waals surface area contributed by atoms with E-state index in [1.807, 2.05) is 0 Å². The van der Waals surface area contributed by atoms with Crippen molar-refractivity contribution in [3.63, 3.8) is 0 Å². The van der Waals surface area contributed by atoms with Crippen LogP contribution in [-0.2, 0) is 5.41 Å². The molecule has 0 amide bonds. The van der Waals surface area contributed by atoms with Gasteiger partial charge in [0.1, 0.15) is 0 Å². The highest BCUT2D eigenvalue weighted by Crippen LogP contribution is 2.61. The molecule has 4 fully saturated rings. The first-order valence-corrected chi connectivity index (χ1v) is 20.3. The van der Waals surface area contributed by atoms with Gasteiger partial charge >= 0.3 is 0 Å². The van der Waals surface area contributed by atoms with Crippen LogP contribution in [0.3, 0.4) is 0 Å². The lowest BCUT2D eigenvalue weighted by Crippen LogP contribution is -2.48. The van der Waals surface area contributed by atoms with E-state index in [1.165, 1.54) is 93.5 Å². The molecule has 0 unspecified atom stereocenters. The Morgan fingerprint density at radius 1 is 0.364 bits per heavy atom. The summed E-state index contributed by atoms with van der Waals surface area (Å²) in [6, 6.07) is 67.6. The molecule has 0 spiro atoms. The lowest BCUT2D eigenvalue weighted by atomic mass is 9.48. The van der Waals surface area contributed by atoms with E-state index in [2.05, 4.69) is 187 Å². The fraction of sp³-hybridized carbons (Fsp3) is 0.185. The van der Waals surface area contributed by atoms with Crippen LogP contribution in [0.2, 0.25) is 0 Å². The average Bonchev–Trinajstić information content (AvgIpc) is 3.24. The summed E-state index contributed by atoms with van der Waals surface area (Å²) in [6.07, 6.45) is 8.64. The molecule has 4 aliphatic rings. The van der Waals surface area contributed by atoms with Crippen LogP contribution in [0, 0.1) is 17.8 Å². The average molecular weight is 708 g/mol. The molecule has 12 rings (SSSR count). The first kappa shape index (κ1) is 32.5. The zero-order valence-electron chi connectivity index (χ0n) is 31.2. The SMILES string of the molecule is c1cc(-c2ccc(N(c3ccc(-c4cccc5ccccc45)cc3)c3ccc(-c4cccc5ccccc45)cc3)cc2)cc(C23CC4CC(CC(C4)C2)C3)c1. The highest BCUT2D eigenvalue weighted by Gasteiger charge is 2.51. The van der Waals surface area contributed by atoms with Crippen molar-refractivity contribution in [2.75, 3.05) is 4.90 Å². The largest absolute Gasteiger partial charge is 0.311 e. The molecule has 266 valence electrons. The molecule has 8 aromatic carbocycles. The van der Waals surface area contributed by atoms with Gasteiger partial charge in [0.2, 0.25) is 0 Å². The van der Waals surface area contributed by atoms with Crippen molar-refractivity contribution in [3.8, 4) is 33.4 Å². The monoisotopic (exact) mass is 707 g/mol. The first-order chi connectivity index (χ1) is 27.2. The van der Waals surface area contributed by atoms with Gasteiger partial charge in [0, 0.05) is 17.1 Å². The number of fused-ring (bicyclic) bond motifs is 2. The Labute approximate surface area is 324 Å². The number of anilines is 3. The topological polar surface area (TPSA) is 3.24 Å².